The highest BCUT2D eigenvalue weighted by atomic mass is 32.2. The third-order valence-corrected chi connectivity index (χ3v) is 4.91. The molecule has 3 rings (SSSR count). The van der Waals surface area contributed by atoms with Gasteiger partial charge in [0.05, 0.1) is 0 Å². The van der Waals surface area contributed by atoms with Gasteiger partial charge < -0.3 is 5.32 Å². The van der Waals surface area contributed by atoms with E-state index in [2.05, 4.69) is 32.9 Å². The summed E-state index contributed by atoms with van der Waals surface area (Å²) in [6.07, 6.45) is 0. The van der Waals surface area contributed by atoms with Crippen LogP contribution < -0.4 is 5.32 Å². The smallest absolute Gasteiger partial charge is 0.243 e. The van der Waals surface area contributed by atoms with E-state index in [0.717, 1.165) is 17.1 Å². The third kappa shape index (κ3) is 4.90. The average Bonchev–Trinajstić information content (AvgIpc) is 3.27. The number of nitrogens with one attached hydrogen (secondary N) is 1. The first-order valence-electron chi connectivity index (χ1n) is 7.50. The zero-order valence-corrected chi connectivity index (χ0v) is 14.6. The molecule has 1 aromatic carbocycles. The second-order valence-corrected chi connectivity index (χ2v) is 6.93. The first-order chi connectivity index (χ1) is 11.8. The van der Waals surface area contributed by atoms with Crippen molar-refractivity contribution in [2.45, 2.75) is 12.3 Å². The lowest BCUT2D eigenvalue weighted by Crippen LogP contribution is -2.30. The molecule has 0 saturated carbocycles. The standard InChI is InChI=1S/C16H17N5OS2/c22-15(17-7-9-24-11-13-4-2-1-3-5-13)10-21-19-16(18-20-21)14-6-8-23-12-14/h1-6,8,12H,7,9-11H2,(H,17,22). The molecule has 0 bridgehead atoms. The van der Waals surface area contributed by atoms with Gasteiger partial charge in [0.25, 0.3) is 0 Å². The van der Waals surface area contributed by atoms with Crippen LogP contribution >= 0.6 is 23.1 Å². The maximum atomic E-state index is 11.9. The number of hydrogen-bond acceptors (Lipinski definition) is 6. The van der Waals surface area contributed by atoms with E-state index in [1.807, 2.05) is 35.0 Å². The summed E-state index contributed by atoms with van der Waals surface area (Å²) in [5.41, 5.74) is 2.21. The lowest BCUT2D eigenvalue weighted by molar-refractivity contribution is -0.121. The Bertz CT molecular complexity index is 758. The van der Waals surface area contributed by atoms with E-state index >= 15 is 0 Å². The molecular formula is C16H17N5OS2. The fraction of sp³-hybridized carbons (Fsp3) is 0.250. The van der Waals surface area contributed by atoms with Crippen LogP contribution in [0.2, 0.25) is 0 Å². The van der Waals surface area contributed by atoms with E-state index in [1.54, 1.807) is 23.1 Å². The number of amides is 1. The van der Waals surface area contributed by atoms with E-state index < -0.39 is 0 Å². The first-order valence-corrected chi connectivity index (χ1v) is 9.60. The third-order valence-electron chi connectivity index (χ3n) is 3.20. The number of hydrogen-bond donors (Lipinski definition) is 1. The lowest BCUT2D eigenvalue weighted by Gasteiger charge is -2.04. The van der Waals surface area contributed by atoms with Crippen molar-refractivity contribution in [2.24, 2.45) is 0 Å². The van der Waals surface area contributed by atoms with E-state index in [0.29, 0.717) is 12.4 Å². The highest BCUT2D eigenvalue weighted by molar-refractivity contribution is 7.98. The Balaban J connectivity index is 1.35. The number of aromatic nitrogens is 4. The molecule has 0 aliphatic heterocycles. The highest BCUT2D eigenvalue weighted by Crippen LogP contribution is 2.16. The van der Waals surface area contributed by atoms with Crippen molar-refractivity contribution in [3.05, 3.63) is 52.7 Å². The second-order valence-electron chi connectivity index (χ2n) is 5.04. The molecule has 6 nitrogen and oxygen atoms in total. The summed E-state index contributed by atoms with van der Waals surface area (Å²) in [6.45, 7) is 0.711. The molecule has 0 aliphatic carbocycles. The van der Waals surface area contributed by atoms with Gasteiger partial charge in [-0.1, -0.05) is 30.3 Å². The predicted molar refractivity (Wildman–Crippen MR) is 96.7 cm³/mol. The SMILES string of the molecule is O=C(Cn1nnc(-c2ccsc2)n1)NCCSCc1ccccc1. The van der Waals surface area contributed by atoms with Crippen LogP contribution in [0.15, 0.2) is 47.2 Å². The molecule has 2 heterocycles. The Labute approximate surface area is 148 Å². The lowest BCUT2D eigenvalue weighted by atomic mass is 10.2. The van der Waals surface area contributed by atoms with Crippen LogP contribution in [0.25, 0.3) is 11.4 Å². The van der Waals surface area contributed by atoms with Crippen LogP contribution in [0, 0.1) is 0 Å². The van der Waals surface area contributed by atoms with Gasteiger partial charge >= 0.3 is 0 Å². The molecular weight excluding hydrogens is 342 g/mol. The van der Waals surface area contributed by atoms with Crippen LogP contribution in [0.3, 0.4) is 0 Å². The van der Waals surface area contributed by atoms with Crippen molar-refractivity contribution in [1.82, 2.24) is 25.5 Å². The van der Waals surface area contributed by atoms with Gasteiger partial charge in [0.15, 0.2) is 0 Å². The summed E-state index contributed by atoms with van der Waals surface area (Å²) in [6, 6.07) is 12.2. The maximum absolute atomic E-state index is 11.9. The summed E-state index contributed by atoms with van der Waals surface area (Å²) < 4.78 is 0. The summed E-state index contributed by atoms with van der Waals surface area (Å²) in [5.74, 6) is 2.25. The number of rotatable bonds is 8. The molecule has 24 heavy (non-hydrogen) atoms. The molecule has 0 radical (unpaired) electrons. The Kier molecular flexibility index (Phi) is 5.97. The number of thiophene rings is 1. The molecule has 1 N–H and O–H groups in total. The molecule has 0 saturated heterocycles. The van der Waals surface area contributed by atoms with E-state index in [9.17, 15) is 4.79 Å². The molecule has 1 amide bonds. The fourth-order valence-corrected chi connectivity index (χ4v) is 3.48. The zero-order valence-electron chi connectivity index (χ0n) is 13.0. The Morgan fingerprint density at radius 3 is 2.92 bits per heavy atom. The van der Waals surface area contributed by atoms with Gasteiger partial charge in [0.2, 0.25) is 11.7 Å². The quantitative estimate of drug-likeness (QED) is 0.626. The van der Waals surface area contributed by atoms with Crippen molar-refractivity contribution < 1.29 is 4.79 Å². The van der Waals surface area contributed by atoms with Gasteiger partial charge in [-0.3, -0.25) is 4.79 Å². The van der Waals surface area contributed by atoms with Crippen molar-refractivity contribution in [2.75, 3.05) is 12.3 Å². The minimum atomic E-state index is -0.107. The highest BCUT2D eigenvalue weighted by Gasteiger charge is 2.09. The van der Waals surface area contributed by atoms with E-state index in [4.69, 9.17) is 0 Å². The van der Waals surface area contributed by atoms with Crippen LogP contribution in [0.5, 0.6) is 0 Å². The van der Waals surface area contributed by atoms with Crippen LogP contribution in [0.4, 0.5) is 0 Å². The van der Waals surface area contributed by atoms with Crippen molar-refractivity contribution in [3.8, 4) is 11.4 Å². The molecule has 0 fully saturated rings. The summed E-state index contributed by atoms with van der Waals surface area (Å²) in [5, 5.41) is 18.9. The zero-order chi connectivity index (χ0) is 16.6. The molecule has 0 unspecified atom stereocenters. The minimum absolute atomic E-state index is 0.0838. The number of carbonyl (C=O) groups is 1. The molecule has 0 spiro atoms. The van der Waals surface area contributed by atoms with Crippen LogP contribution in [0.1, 0.15) is 5.56 Å². The normalized spacial score (nSPS) is 10.7. The van der Waals surface area contributed by atoms with Gasteiger partial charge in [-0.05, 0) is 22.2 Å². The molecule has 0 atom stereocenters. The predicted octanol–water partition coefficient (Wildman–Crippen LogP) is 2.45. The van der Waals surface area contributed by atoms with Gasteiger partial charge in [0, 0.05) is 29.0 Å². The molecule has 3 aromatic rings. The summed E-state index contributed by atoms with van der Waals surface area (Å²) in [7, 11) is 0. The topological polar surface area (TPSA) is 72.7 Å². The molecule has 2 aromatic heterocycles. The first kappa shape index (κ1) is 16.7. The van der Waals surface area contributed by atoms with Crippen molar-refractivity contribution in [3.63, 3.8) is 0 Å². The fourth-order valence-electron chi connectivity index (χ4n) is 2.03. The molecule has 124 valence electrons. The molecule has 8 heteroatoms. The van der Waals surface area contributed by atoms with Gasteiger partial charge in [-0.15, -0.1) is 10.2 Å². The monoisotopic (exact) mass is 359 g/mol. The molecule has 0 aliphatic rings. The maximum Gasteiger partial charge on any atom is 0.243 e. The number of thioether (sulfide) groups is 1. The van der Waals surface area contributed by atoms with Crippen molar-refractivity contribution in [1.29, 1.82) is 0 Å². The van der Waals surface area contributed by atoms with E-state index in [-0.39, 0.29) is 12.5 Å². The Morgan fingerprint density at radius 1 is 1.25 bits per heavy atom. The van der Waals surface area contributed by atoms with E-state index in [1.165, 1.54) is 10.4 Å². The van der Waals surface area contributed by atoms with Gasteiger partial charge in [0.1, 0.15) is 6.54 Å². The summed E-state index contributed by atoms with van der Waals surface area (Å²) >= 11 is 3.37. The average molecular weight is 359 g/mol. The minimum Gasteiger partial charge on any atom is -0.354 e. The Morgan fingerprint density at radius 2 is 2.12 bits per heavy atom. The number of tetrazole rings is 1. The van der Waals surface area contributed by atoms with Crippen LogP contribution in [-0.2, 0) is 17.1 Å². The van der Waals surface area contributed by atoms with Crippen LogP contribution in [-0.4, -0.2) is 38.4 Å². The Hall–Kier alpha value is -2.19. The van der Waals surface area contributed by atoms with Crippen molar-refractivity contribution >= 4 is 29.0 Å². The second kappa shape index (κ2) is 8.60. The number of nitrogens with zero attached hydrogens (tertiary/aromatic N) is 4. The largest absolute Gasteiger partial charge is 0.354 e. The number of carbonyl (C=O) groups excluding carboxylic acids is 1. The van der Waals surface area contributed by atoms with Gasteiger partial charge in [-0.25, -0.2) is 0 Å². The number of benzene rings is 1. The van der Waals surface area contributed by atoms with Gasteiger partial charge in [-0.2, -0.15) is 27.9 Å². The summed E-state index contributed by atoms with van der Waals surface area (Å²) in [4.78, 5) is 13.2.